The van der Waals surface area contributed by atoms with Gasteiger partial charge in [-0.15, -0.1) is 0 Å². The Kier molecular flexibility index (Phi) is 5.71. The third kappa shape index (κ3) is 3.94. The topological polar surface area (TPSA) is 80.8 Å². The summed E-state index contributed by atoms with van der Waals surface area (Å²) in [6.45, 7) is 4.10. The van der Waals surface area contributed by atoms with Crippen molar-refractivity contribution in [3.8, 4) is 0 Å². The molecule has 33 heavy (non-hydrogen) atoms. The highest BCUT2D eigenvalue weighted by Crippen LogP contribution is 2.65. The monoisotopic (exact) mass is 449 g/mol. The molecule has 0 spiro atoms. The average molecular weight is 450 g/mol. The van der Waals surface area contributed by atoms with Crippen molar-refractivity contribution in [1.82, 2.24) is 4.90 Å². The maximum Gasteiger partial charge on any atom is 0.306 e. The zero-order valence-corrected chi connectivity index (χ0v) is 19.3. The maximum absolute atomic E-state index is 12.9. The number of rotatable bonds is 9. The van der Waals surface area contributed by atoms with E-state index in [1.807, 2.05) is 26.0 Å². The van der Waals surface area contributed by atoms with Crippen LogP contribution in [0.4, 0.5) is 0 Å². The standard InChI is InChI=1S/C27H31NO5/c1-15-7-8-17(12-16(15)2)22(29)14-33-23(30)6-4-3-5-11-28-26(31)24-18-9-10-19(21-13-20(18)21)25(24)27(28)32/h7-10,12,18-21,24-25H,3-6,11,13-14H2,1-2H3/t18-,19-,20-,21-,24-,25+/m1/s1. The number of carbonyl (C=O) groups excluding carboxylic acids is 4. The lowest BCUT2D eigenvalue weighted by Gasteiger charge is -2.37. The van der Waals surface area contributed by atoms with E-state index in [0.717, 1.165) is 17.5 Å². The minimum absolute atomic E-state index is 0.0129. The molecule has 6 nitrogen and oxygen atoms in total. The fourth-order valence-electron chi connectivity index (χ4n) is 6.17. The molecule has 6 rings (SSSR count). The quantitative estimate of drug-likeness (QED) is 0.189. The molecule has 2 saturated carbocycles. The lowest BCUT2D eigenvalue weighted by atomic mass is 9.63. The number of carbonyl (C=O) groups is 4. The van der Waals surface area contributed by atoms with Gasteiger partial charge in [-0.3, -0.25) is 24.1 Å². The molecule has 0 N–H and O–H groups in total. The van der Waals surface area contributed by atoms with Crippen LogP contribution >= 0.6 is 0 Å². The molecular formula is C27H31NO5. The molecule has 1 aromatic rings. The highest BCUT2D eigenvalue weighted by Gasteiger charge is 2.66. The zero-order chi connectivity index (χ0) is 23.3. The van der Waals surface area contributed by atoms with Crippen molar-refractivity contribution in [2.24, 2.45) is 35.5 Å². The highest BCUT2D eigenvalue weighted by molar-refractivity contribution is 6.06. The summed E-state index contributed by atoms with van der Waals surface area (Å²) < 4.78 is 5.14. The number of hydrogen-bond donors (Lipinski definition) is 0. The largest absolute Gasteiger partial charge is 0.457 e. The van der Waals surface area contributed by atoms with E-state index in [0.29, 0.717) is 36.8 Å². The molecule has 1 aromatic carbocycles. The normalized spacial score (nSPS) is 30.9. The van der Waals surface area contributed by atoms with Crippen molar-refractivity contribution in [3.05, 3.63) is 47.0 Å². The van der Waals surface area contributed by atoms with Gasteiger partial charge in [0.1, 0.15) is 0 Å². The van der Waals surface area contributed by atoms with E-state index in [2.05, 4.69) is 12.2 Å². The number of likely N-dealkylation sites (tertiary alicyclic amines) is 1. The van der Waals surface area contributed by atoms with E-state index < -0.39 is 5.97 Å². The number of unbranched alkanes of at least 4 members (excludes halogenated alkanes) is 2. The number of ketones is 1. The van der Waals surface area contributed by atoms with Gasteiger partial charge in [0.25, 0.3) is 0 Å². The van der Waals surface area contributed by atoms with Gasteiger partial charge < -0.3 is 4.74 Å². The number of ether oxygens (including phenoxy) is 1. The van der Waals surface area contributed by atoms with Gasteiger partial charge in [-0.25, -0.2) is 0 Å². The molecule has 1 saturated heterocycles. The summed E-state index contributed by atoms with van der Waals surface area (Å²) in [5.41, 5.74) is 2.69. The Morgan fingerprint density at radius 1 is 0.939 bits per heavy atom. The summed E-state index contributed by atoms with van der Waals surface area (Å²) in [6, 6.07) is 5.45. The van der Waals surface area contributed by atoms with Gasteiger partial charge in [-0.2, -0.15) is 0 Å². The molecular weight excluding hydrogens is 418 g/mol. The smallest absolute Gasteiger partial charge is 0.306 e. The Hall–Kier alpha value is -2.76. The Balaban J connectivity index is 1.02. The molecule has 0 aromatic heterocycles. The highest BCUT2D eigenvalue weighted by atomic mass is 16.5. The van der Waals surface area contributed by atoms with Crippen LogP contribution in [0.25, 0.3) is 0 Å². The van der Waals surface area contributed by atoms with Gasteiger partial charge in [0.2, 0.25) is 11.8 Å². The predicted molar refractivity (Wildman–Crippen MR) is 121 cm³/mol. The van der Waals surface area contributed by atoms with E-state index in [1.165, 1.54) is 11.3 Å². The van der Waals surface area contributed by atoms with Crippen molar-refractivity contribution in [2.45, 2.75) is 46.0 Å². The van der Waals surface area contributed by atoms with E-state index >= 15 is 0 Å². The maximum atomic E-state index is 12.9. The van der Waals surface area contributed by atoms with Crippen LogP contribution in [0, 0.1) is 49.4 Å². The number of Topliss-reactive ketones (excluding diaryl/α,β-unsaturated/α-hetero) is 1. The van der Waals surface area contributed by atoms with E-state index in [9.17, 15) is 19.2 Å². The molecule has 3 fully saturated rings. The molecule has 0 unspecified atom stereocenters. The summed E-state index contributed by atoms with van der Waals surface area (Å²) in [7, 11) is 0. The Morgan fingerprint density at radius 2 is 1.61 bits per heavy atom. The first kappa shape index (κ1) is 22.1. The molecule has 4 aliphatic carbocycles. The Bertz CT molecular complexity index is 1010. The van der Waals surface area contributed by atoms with Crippen LogP contribution in [0.2, 0.25) is 0 Å². The lowest BCUT2D eigenvalue weighted by molar-refractivity contribution is -0.143. The SMILES string of the molecule is Cc1ccc(C(=O)COC(=O)CCCCCN2C(=O)[C@@H]3[C@@H]4C=C[C@H]([C@H]5C[C@H]45)[C@@H]3C2=O)cc1C. The van der Waals surface area contributed by atoms with Gasteiger partial charge in [-0.05, 0) is 74.0 Å². The third-order valence-corrected chi connectivity index (χ3v) is 8.21. The number of esters is 1. The van der Waals surface area contributed by atoms with Crippen molar-refractivity contribution in [2.75, 3.05) is 13.2 Å². The van der Waals surface area contributed by atoms with Crippen LogP contribution in [0.15, 0.2) is 30.4 Å². The van der Waals surface area contributed by atoms with Crippen molar-refractivity contribution >= 4 is 23.6 Å². The second kappa shape index (κ2) is 8.54. The lowest BCUT2D eigenvalue weighted by Crippen LogP contribution is -2.40. The van der Waals surface area contributed by atoms with Crippen LogP contribution in [0.5, 0.6) is 0 Å². The van der Waals surface area contributed by atoms with Gasteiger partial charge in [0.15, 0.2) is 12.4 Å². The number of amides is 2. The van der Waals surface area contributed by atoms with E-state index in [-0.39, 0.29) is 54.3 Å². The van der Waals surface area contributed by atoms with Gasteiger partial charge in [0.05, 0.1) is 11.8 Å². The molecule has 0 radical (unpaired) electrons. The molecule has 6 atom stereocenters. The molecule has 174 valence electrons. The van der Waals surface area contributed by atoms with Crippen LogP contribution in [-0.2, 0) is 19.1 Å². The first-order chi connectivity index (χ1) is 15.9. The Labute approximate surface area is 194 Å². The van der Waals surface area contributed by atoms with Crippen molar-refractivity contribution in [1.29, 1.82) is 0 Å². The number of imide groups is 1. The summed E-state index contributed by atoms with van der Waals surface area (Å²) in [5.74, 6) is 0.894. The molecule has 2 amide bonds. The molecule has 1 heterocycles. The average Bonchev–Trinajstić information content (AvgIpc) is 3.59. The second-order valence-electron chi connectivity index (χ2n) is 10.2. The van der Waals surface area contributed by atoms with Crippen LogP contribution in [0.3, 0.4) is 0 Å². The minimum atomic E-state index is -0.395. The van der Waals surface area contributed by atoms with E-state index in [1.54, 1.807) is 6.07 Å². The zero-order valence-electron chi connectivity index (χ0n) is 19.3. The number of nitrogens with zero attached hydrogens (tertiary/aromatic N) is 1. The van der Waals surface area contributed by atoms with Crippen molar-refractivity contribution < 1.29 is 23.9 Å². The van der Waals surface area contributed by atoms with Gasteiger partial charge >= 0.3 is 5.97 Å². The van der Waals surface area contributed by atoms with Crippen molar-refractivity contribution in [3.63, 3.8) is 0 Å². The summed E-state index contributed by atoms with van der Waals surface area (Å²) >= 11 is 0. The first-order valence-electron chi connectivity index (χ1n) is 12.2. The molecule has 1 aliphatic heterocycles. The van der Waals surface area contributed by atoms with E-state index in [4.69, 9.17) is 4.74 Å². The summed E-state index contributed by atoms with van der Waals surface area (Å²) in [5, 5.41) is 0. The van der Waals surface area contributed by atoms with Crippen LogP contribution in [0.1, 0.15) is 53.6 Å². The minimum Gasteiger partial charge on any atom is -0.457 e. The number of benzene rings is 1. The van der Waals surface area contributed by atoms with Gasteiger partial charge in [0, 0.05) is 18.5 Å². The van der Waals surface area contributed by atoms with Crippen LogP contribution < -0.4 is 0 Å². The number of aryl methyl sites for hydroxylation is 2. The summed E-state index contributed by atoms with van der Waals surface area (Å²) in [6.07, 6.45) is 7.78. The Morgan fingerprint density at radius 3 is 2.24 bits per heavy atom. The second-order valence-corrected chi connectivity index (χ2v) is 10.2. The van der Waals surface area contributed by atoms with Crippen LogP contribution in [-0.4, -0.2) is 41.6 Å². The number of allylic oxidation sites excluding steroid dienone is 2. The number of hydrogen-bond acceptors (Lipinski definition) is 5. The fourth-order valence-corrected chi connectivity index (χ4v) is 6.17. The predicted octanol–water partition coefficient (Wildman–Crippen LogP) is 3.64. The molecule has 5 aliphatic rings. The van der Waals surface area contributed by atoms with Gasteiger partial charge in [-0.1, -0.05) is 30.7 Å². The molecule has 2 bridgehead atoms. The fraction of sp³-hybridized carbons (Fsp3) is 0.556. The summed E-state index contributed by atoms with van der Waals surface area (Å²) in [4.78, 5) is 51.6. The first-order valence-corrected chi connectivity index (χ1v) is 12.2. The third-order valence-electron chi connectivity index (χ3n) is 8.21. The molecule has 6 heteroatoms.